The number of hydrogen-bond acceptors (Lipinski definition) is 4. The number of pyridine rings is 1. The van der Waals surface area contributed by atoms with Crippen molar-refractivity contribution in [3.8, 4) is 11.1 Å². The Kier molecular flexibility index (Phi) is 5.24. The van der Waals surface area contributed by atoms with Crippen LogP contribution in [0.4, 0.5) is 18.9 Å². The molecule has 30 heavy (non-hydrogen) atoms. The molecule has 0 N–H and O–H groups in total. The Balaban J connectivity index is 2.00. The molecule has 156 valence electrons. The molecule has 2 heterocycles. The lowest BCUT2D eigenvalue weighted by molar-refractivity contribution is -0.0885. The van der Waals surface area contributed by atoms with Crippen LogP contribution in [0.2, 0.25) is 0 Å². The van der Waals surface area contributed by atoms with Gasteiger partial charge in [0.25, 0.3) is 5.78 Å². The van der Waals surface area contributed by atoms with E-state index in [9.17, 15) is 18.0 Å². The number of ketones is 1. The highest BCUT2D eigenvalue weighted by molar-refractivity contribution is 6.14. The molecule has 1 aromatic heterocycles. The van der Waals surface area contributed by atoms with E-state index in [-0.39, 0.29) is 16.8 Å². The average molecular weight is 413 g/mol. The standard InChI is InChI=1S/C23H22F3N3O/c1-15-19(22(30)23(24,25)26)20(16-7-4-3-5-8-16)17-9-6-10-18(21(17)27-15)29-13-11-28(2)12-14-29/h3-10H,11-14H2,1-2H3. The van der Waals surface area contributed by atoms with E-state index in [0.29, 0.717) is 16.5 Å². The number of fused-ring (bicyclic) bond motifs is 1. The number of likely N-dealkylation sites (N-methyl/N-ethyl adjacent to an activating group) is 1. The van der Waals surface area contributed by atoms with Gasteiger partial charge in [-0.1, -0.05) is 42.5 Å². The molecule has 3 aromatic rings. The first-order valence-electron chi connectivity index (χ1n) is 9.81. The van der Waals surface area contributed by atoms with Crippen LogP contribution in [0, 0.1) is 6.92 Å². The lowest BCUT2D eigenvalue weighted by Gasteiger charge is -2.34. The summed E-state index contributed by atoms with van der Waals surface area (Å²) in [5.41, 5.74) is 2.07. The molecule has 7 heteroatoms. The summed E-state index contributed by atoms with van der Waals surface area (Å²) in [6.07, 6.45) is -4.97. The number of carbonyl (C=O) groups is 1. The molecular formula is C23H22F3N3O. The molecule has 0 saturated carbocycles. The van der Waals surface area contributed by atoms with Crippen molar-refractivity contribution >= 4 is 22.4 Å². The van der Waals surface area contributed by atoms with Crippen molar-refractivity contribution in [3.05, 3.63) is 59.8 Å². The van der Waals surface area contributed by atoms with Gasteiger partial charge in [0.2, 0.25) is 0 Å². The van der Waals surface area contributed by atoms with Crippen LogP contribution in [0.15, 0.2) is 48.5 Å². The fourth-order valence-corrected chi connectivity index (χ4v) is 4.02. The van der Waals surface area contributed by atoms with Crippen LogP contribution in [0.1, 0.15) is 16.1 Å². The number of halogens is 3. The van der Waals surface area contributed by atoms with Gasteiger partial charge in [0, 0.05) is 42.8 Å². The summed E-state index contributed by atoms with van der Waals surface area (Å²) in [6, 6.07) is 14.3. The Morgan fingerprint density at radius 2 is 1.63 bits per heavy atom. The van der Waals surface area contributed by atoms with E-state index in [1.807, 2.05) is 12.1 Å². The van der Waals surface area contributed by atoms with E-state index in [2.05, 4.69) is 21.8 Å². The quantitative estimate of drug-likeness (QED) is 0.583. The molecule has 0 amide bonds. The Labute approximate surface area is 172 Å². The molecule has 0 atom stereocenters. The minimum Gasteiger partial charge on any atom is -0.367 e. The Hall–Kier alpha value is -2.93. The third-order valence-corrected chi connectivity index (χ3v) is 5.57. The third kappa shape index (κ3) is 3.65. The number of alkyl halides is 3. The Morgan fingerprint density at radius 1 is 0.967 bits per heavy atom. The number of aryl methyl sites for hydroxylation is 1. The van der Waals surface area contributed by atoms with Crippen molar-refractivity contribution in [1.29, 1.82) is 0 Å². The minimum atomic E-state index is -4.97. The van der Waals surface area contributed by atoms with Gasteiger partial charge in [-0.05, 0) is 25.6 Å². The van der Waals surface area contributed by atoms with Crippen LogP contribution in [0.3, 0.4) is 0 Å². The zero-order valence-corrected chi connectivity index (χ0v) is 16.8. The highest BCUT2D eigenvalue weighted by Crippen LogP contribution is 2.39. The van der Waals surface area contributed by atoms with Crippen molar-refractivity contribution in [2.75, 3.05) is 38.1 Å². The van der Waals surface area contributed by atoms with Gasteiger partial charge in [0.1, 0.15) is 0 Å². The molecule has 1 aliphatic heterocycles. The van der Waals surface area contributed by atoms with Crippen LogP contribution in [0.5, 0.6) is 0 Å². The van der Waals surface area contributed by atoms with Crippen molar-refractivity contribution in [2.24, 2.45) is 0 Å². The van der Waals surface area contributed by atoms with Gasteiger partial charge in [0.15, 0.2) is 0 Å². The summed E-state index contributed by atoms with van der Waals surface area (Å²) in [5, 5.41) is 0.552. The first-order chi connectivity index (χ1) is 14.3. The molecule has 1 aliphatic rings. The summed E-state index contributed by atoms with van der Waals surface area (Å²) in [6.45, 7) is 4.88. The monoisotopic (exact) mass is 413 g/mol. The van der Waals surface area contributed by atoms with Gasteiger partial charge in [-0.3, -0.25) is 9.78 Å². The van der Waals surface area contributed by atoms with E-state index in [1.165, 1.54) is 6.92 Å². The van der Waals surface area contributed by atoms with E-state index in [4.69, 9.17) is 0 Å². The molecule has 2 aromatic carbocycles. The predicted molar refractivity (Wildman–Crippen MR) is 112 cm³/mol. The number of piperazine rings is 1. The topological polar surface area (TPSA) is 36.4 Å². The van der Waals surface area contributed by atoms with Gasteiger partial charge in [-0.25, -0.2) is 0 Å². The SMILES string of the molecule is Cc1nc2c(N3CCN(C)CC3)cccc2c(-c2ccccc2)c1C(=O)C(F)(F)F. The number of Topliss-reactive ketones (excluding diaryl/α,β-unsaturated/α-hetero) is 1. The highest BCUT2D eigenvalue weighted by atomic mass is 19.4. The third-order valence-electron chi connectivity index (χ3n) is 5.57. The number of para-hydroxylation sites is 1. The van der Waals surface area contributed by atoms with Crippen molar-refractivity contribution < 1.29 is 18.0 Å². The summed E-state index contributed by atoms with van der Waals surface area (Å²) in [5.74, 6) is -1.86. The number of carbonyl (C=O) groups excluding carboxylic acids is 1. The van der Waals surface area contributed by atoms with Crippen molar-refractivity contribution in [3.63, 3.8) is 0 Å². The van der Waals surface area contributed by atoms with Crippen LogP contribution in [-0.2, 0) is 0 Å². The second-order valence-electron chi connectivity index (χ2n) is 7.60. The van der Waals surface area contributed by atoms with Crippen LogP contribution in [-0.4, -0.2) is 55.1 Å². The van der Waals surface area contributed by atoms with E-state index in [1.54, 1.807) is 36.4 Å². The van der Waals surface area contributed by atoms with Crippen LogP contribution in [0.25, 0.3) is 22.0 Å². The number of hydrogen-bond donors (Lipinski definition) is 0. The maximum absolute atomic E-state index is 13.4. The summed E-state index contributed by atoms with van der Waals surface area (Å²) >= 11 is 0. The van der Waals surface area contributed by atoms with Gasteiger partial charge in [-0.15, -0.1) is 0 Å². The fourth-order valence-electron chi connectivity index (χ4n) is 4.02. The lowest BCUT2D eigenvalue weighted by Crippen LogP contribution is -2.44. The lowest BCUT2D eigenvalue weighted by atomic mass is 9.91. The van der Waals surface area contributed by atoms with E-state index in [0.717, 1.165) is 31.9 Å². The number of aromatic nitrogens is 1. The molecule has 0 aliphatic carbocycles. The number of anilines is 1. The number of benzene rings is 2. The molecule has 0 spiro atoms. The van der Waals surface area contributed by atoms with Crippen LogP contribution >= 0.6 is 0 Å². The second kappa shape index (κ2) is 7.72. The molecule has 1 fully saturated rings. The molecule has 4 rings (SSSR count). The van der Waals surface area contributed by atoms with Gasteiger partial charge < -0.3 is 9.80 Å². The smallest absolute Gasteiger partial charge is 0.367 e. The van der Waals surface area contributed by atoms with E-state index < -0.39 is 12.0 Å². The Morgan fingerprint density at radius 3 is 2.27 bits per heavy atom. The summed E-state index contributed by atoms with van der Waals surface area (Å²) in [7, 11) is 2.06. The first kappa shape index (κ1) is 20.3. The van der Waals surface area contributed by atoms with Crippen molar-refractivity contribution in [1.82, 2.24) is 9.88 Å². The molecule has 1 saturated heterocycles. The average Bonchev–Trinajstić information content (AvgIpc) is 2.72. The maximum Gasteiger partial charge on any atom is 0.454 e. The molecule has 4 nitrogen and oxygen atoms in total. The number of rotatable bonds is 3. The second-order valence-corrected chi connectivity index (χ2v) is 7.60. The number of nitrogens with zero attached hydrogens (tertiary/aromatic N) is 3. The zero-order chi connectivity index (χ0) is 21.5. The molecule has 0 bridgehead atoms. The summed E-state index contributed by atoms with van der Waals surface area (Å²) < 4.78 is 40.3. The maximum atomic E-state index is 13.4. The normalized spacial score (nSPS) is 15.6. The fraction of sp³-hybridized carbons (Fsp3) is 0.304. The van der Waals surface area contributed by atoms with Gasteiger partial charge >= 0.3 is 6.18 Å². The van der Waals surface area contributed by atoms with Gasteiger partial charge in [0.05, 0.1) is 16.8 Å². The first-order valence-corrected chi connectivity index (χ1v) is 9.81. The molecule has 0 radical (unpaired) electrons. The summed E-state index contributed by atoms with van der Waals surface area (Å²) in [4.78, 5) is 21.3. The Bertz CT molecular complexity index is 1090. The predicted octanol–water partition coefficient (Wildman–Crippen LogP) is 4.71. The minimum absolute atomic E-state index is 0.0882. The van der Waals surface area contributed by atoms with Crippen LogP contribution < -0.4 is 4.90 Å². The van der Waals surface area contributed by atoms with Gasteiger partial charge in [-0.2, -0.15) is 13.2 Å². The largest absolute Gasteiger partial charge is 0.454 e. The van der Waals surface area contributed by atoms with Crippen molar-refractivity contribution in [2.45, 2.75) is 13.1 Å². The zero-order valence-electron chi connectivity index (χ0n) is 16.8. The molecular weight excluding hydrogens is 391 g/mol. The highest BCUT2D eigenvalue weighted by Gasteiger charge is 2.42. The molecule has 0 unspecified atom stereocenters. The van der Waals surface area contributed by atoms with E-state index >= 15 is 0 Å².